The van der Waals surface area contributed by atoms with Gasteiger partial charge in [0.05, 0.1) is 13.2 Å². The third-order valence-corrected chi connectivity index (χ3v) is 3.73. The molecule has 0 unspecified atom stereocenters. The summed E-state index contributed by atoms with van der Waals surface area (Å²) >= 11 is 0. The lowest BCUT2D eigenvalue weighted by Crippen LogP contribution is -2.52. The van der Waals surface area contributed by atoms with E-state index in [0.717, 1.165) is 17.0 Å². The van der Waals surface area contributed by atoms with E-state index in [2.05, 4.69) is 9.72 Å². The van der Waals surface area contributed by atoms with Gasteiger partial charge in [-0.15, -0.1) is 13.2 Å². The van der Waals surface area contributed by atoms with Crippen molar-refractivity contribution in [3.63, 3.8) is 0 Å². The molecule has 1 amide bonds. The Bertz CT molecular complexity index is 817. The van der Waals surface area contributed by atoms with Crippen molar-refractivity contribution in [2.75, 3.05) is 19.8 Å². The molecular weight excluding hydrogens is 345 g/mol. The molecule has 0 saturated carbocycles. The predicted molar refractivity (Wildman–Crippen MR) is 78.3 cm³/mol. The molecule has 7 nitrogen and oxygen atoms in total. The van der Waals surface area contributed by atoms with Gasteiger partial charge in [-0.25, -0.2) is 4.79 Å². The van der Waals surface area contributed by atoms with Gasteiger partial charge in [0.1, 0.15) is 11.4 Å². The summed E-state index contributed by atoms with van der Waals surface area (Å²) in [4.78, 5) is 27.7. The van der Waals surface area contributed by atoms with Crippen molar-refractivity contribution in [2.45, 2.75) is 12.4 Å². The van der Waals surface area contributed by atoms with E-state index in [1.165, 1.54) is 12.1 Å². The molecule has 2 N–H and O–H groups in total. The minimum Gasteiger partial charge on any atom is -0.480 e. The first-order valence-corrected chi connectivity index (χ1v) is 7.24. The number of aromatic nitrogens is 1. The molecule has 2 heterocycles. The van der Waals surface area contributed by atoms with Gasteiger partial charge >= 0.3 is 12.3 Å². The lowest BCUT2D eigenvalue weighted by Gasteiger charge is -2.32. The highest BCUT2D eigenvalue weighted by Crippen LogP contribution is 2.27. The van der Waals surface area contributed by atoms with Gasteiger partial charge in [0.2, 0.25) is 0 Å². The van der Waals surface area contributed by atoms with Crippen molar-refractivity contribution in [3.05, 3.63) is 30.0 Å². The van der Waals surface area contributed by atoms with E-state index < -0.39 is 30.0 Å². The van der Waals surface area contributed by atoms with Gasteiger partial charge in [0, 0.05) is 23.5 Å². The topological polar surface area (TPSA) is 91.9 Å². The van der Waals surface area contributed by atoms with Gasteiger partial charge in [-0.1, -0.05) is 0 Å². The number of carboxylic acid groups (broad SMARTS) is 1. The number of nitrogens with zero attached hydrogens (tertiary/aromatic N) is 1. The fourth-order valence-corrected chi connectivity index (χ4v) is 2.62. The first-order chi connectivity index (χ1) is 11.7. The molecule has 1 saturated heterocycles. The van der Waals surface area contributed by atoms with Crippen molar-refractivity contribution in [1.82, 2.24) is 9.88 Å². The van der Waals surface area contributed by atoms with Crippen LogP contribution in [0.15, 0.2) is 24.3 Å². The van der Waals surface area contributed by atoms with Crippen LogP contribution in [-0.2, 0) is 9.53 Å². The number of carbonyl (C=O) groups is 2. The molecule has 1 atom stereocenters. The number of hydrogen-bond donors (Lipinski definition) is 2. The van der Waals surface area contributed by atoms with E-state index in [1.54, 1.807) is 0 Å². The van der Waals surface area contributed by atoms with Crippen LogP contribution in [0.2, 0.25) is 0 Å². The molecule has 0 radical (unpaired) electrons. The third kappa shape index (κ3) is 3.68. The summed E-state index contributed by atoms with van der Waals surface area (Å²) in [6, 6.07) is 3.96. The van der Waals surface area contributed by atoms with Crippen LogP contribution in [0.1, 0.15) is 10.5 Å². The van der Waals surface area contributed by atoms with Crippen molar-refractivity contribution in [3.8, 4) is 5.75 Å². The molecule has 0 bridgehead atoms. The highest BCUT2D eigenvalue weighted by atomic mass is 19.4. The molecule has 10 heteroatoms. The van der Waals surface area contributed by atoms with Gasteiger partial charge in [0.25, 0.3) is 5.91 Å². The molecule has 1 aromatic carbocycles. The highest BCUT2D eigenvalue weighted by molar-refractivity contribution is 6.00. The maximum atomic E-state index is 12.6. The number of halogens is 3. The molecule has 0 spiro atoms. The molecule has 0 aliphatic carbocycles. The minimum absolute atomic E-state index is 0.0762. The molecule has 3 rings (SSSR count). The smallest absolute Gasteiger partial charge is 0.480 e. The summed E-state index contributed by atoms with van der Waals surface area (Å²) in [5.74, 6) is -2.18. The highest BCUT2D eigenvalue weighted by Gasteiger charge is 2.34. The zero-order valence-corrected chi connectivity index (χ0v) is 12.7. The number of carboxylic acids is 1. The van der Waals surface area contributed by atoms with Crippen LogP contribution in [0.25, 0.3) is 10.9 Å². The first-order valence-electron chi connectivity index (χ1n) is 7.24. The van der Waals surface area contributed by atoms with Crippen molar-refractivity contribution >= 4 is 22.8 Å². The van der Waals surface area contributed by atoms with E-state index in [9.17, 15) is 27.9 Å². The van der Waals surface area contributed by atoms with E-state index in [1.807, 2.05) is 0 Å². The van der Waals surface area contributed by atoms with Gasteiger partial charge in [-0.2, -0.15) is 0 Å². The van der Waals surface area contributed by atoms with E-state index in [0.29, 0.717) is 5.39 Å². The molecule has 1 aliphatic heterocycles. The average molecular weight is 358 g/mol. The lowest BCUT2D eigenvalue weighted by atomic mass is 10.2. The predicted octanol–water partition coefficient (Wildman–Crippen LogP) is 1.99. The fourth-order valence-electron chi connectivity index (χ4n) is 2.62. The normalized spacial score (nSPS) is 18.4. The Hall–Kier alpha value is -2.75. The SMILES string of the molecule is O=C(O)[C@H]1COCCN1C(=O)c1cc2ccc(OC(F)(F)F)cc2[nH]1. The maximum absolute atomic E-state index is 12.6. The largest absolute Gasteiger partial charge is 0.573 e. The van der Waals surface area contributed by atoms with E-state index >= 15 is 0 Å². The third-order valence-electron chi connectivity index (χ3n) is 3.73. The van der Waals surface area contributed by atoms with Crippen molar-refractivity contribution in [1.29, 1.82) is 0 Å². The Balaban J connectivity index is 1.88. The quantitative estimate of drug-likeness (QED) is 0.876. The van der Waals surface area contributed by atoms with Gasteiger partial charge in [0.15, 0.2) is 6.04 Å². The van der Waals surface area contributed by atoms with Gasteiger partial charge in [-0.3, -0.25) is 4.79 Å². The number of morpholine rings is 1. The Labute approximate surface area is 138 Å². The number of aliphatic carboxylic acids is 1. The number of nitrogens with one attached hydrogen (secondary N) is 1. The monoisotopic (exact) mass is 358 g/mol. The maximum Gasteiger partial charge on any atom is 0.573 e. The molecular formula is C15H13F3N2O5. The van der Waals surface area contributed by atoms with Crippen LogP contribution < -0.4 is 4.74 Å². The Kier molecular flexibility index (Phi) is 4.29. The van der Waals surface area contributed by atoms with Crippen molar-refractivity contribution < 1.29 is 37.3 Å². The molecule has 1 aromatic heterocycles. The molecule has 2 aromatic rings. The number of benzene rings is 1. The zero-order valence-electron chi connectivity index (χ0n) is 12.7. The van der Waals surface area contributed by atoms with Crippen molar-refractivity contribution in [2.24, 2.45) is 0 Å². The minimum atomic E-state index is -4.82. The average Bonchev–Trinajstić information content (AvgIpc) is 2.95. The number of carbonyl (C=O) groups excluding carboxylic acids is 1. The molecule has 25 heavy (non-hydrogen) atoms. The number of H-pyrrole nitrogens is 1. The zero-order chi connectivity index (χ0) is 18.2. The number of hydrogen-bond acceptors (Lipinski definition) is 4. The van der Waals surface area contributed by atoms with Gasteiger partial charge in [-0.05, 0) is 18.2 Å². The van der Waals surface area contributed by atoms with Crippen LogP contribution in [0.5, 0.6) is 5.75 Å². The van der Waals surface area contributed by atoms with Crippen LogP contribution in [0.4, 0.5) is 13.2 Å². The number of amides is 1. The van der Waals surface area contributed by atoms with Crippen LogP contribution in [-0.4, -0.2) is 59.0 Å². The lowest BCUT2D eigenvalue weighted by molar-refractivity contribution is -0.274. The summed E-state index contributed by atoms with van der Waals surface area (Å²) in [6.45, 7) is 0.192. The summed E-state index contributed by atoms with van der Waals surface area (Å²) in [6.07, 6.45) is -4.82. The molecule has 1 aliphatic rings. The number of fused-ring (bicyclic) bond motifs is 1. The standard InChI is InChI=1S/C15H13F3N2O5/c16-15(17,18)25-9-2-1-8-5-11(19-10(8)6-9)13(21)20-3-4-24-7-12(20)14(22)23/h1-2,5-6,12,19H,3-4,7H2,(H,22,23)/t12-/m1/s1. The summed E-state index contributed by atoms with van der Waals surface area (Å²) in [7, 11) is 0. The molecule has 134 valence electrons. The summed E-state index contributed by atoms with van der Waals surface area (Å²) in [5, 5.41) is 9.68. The second-order valence-electron chi connectivity index (χ2n) is 5.41. The van der Waals surface area contributed by atoms with Crippen LogP contribution in [0, 0.1) is 0 Å². The number of ether oxygens (including phenoxy) is 2. The van der Waals surface area contributed by atoms with Crippen LogP contribution in [0.3, 0.4) is 0 Å². The Morgan fingerprint density at radius 2 is 2.08 bits per heavy atom. The second-order valence-corrected chi connectivity index (χ2v) is 5.41. The summed E-state index contributed by atoms with van der Waals surface area (Å²) < 4.78 is 45.7. The Morgan fingerprint density at radius 3 is 2.76 bits per heavy atom. The van der Waals surface area contributed by atoms with Crippen LogP contribution >= 0.6 is 0 Å². The number of rotatable bonds is 3. The summed E-state index contributed by atoms with van der Waals surface area (Å²) in [5.41, 5.74) is 0.345. The van der Waals surface area contributed by atoms with E-state index in [4.69, 9.17) is 4.74 Å². The fraction of sp³-hybridized carbons (Fsp3) is 0.333. The van der Waals surface area contributed by atoms with E-state index in [-0.39, 0.29) is 31.0 Å². The number of aromatic amines is 1. The first kappa shape index (κ1) is 17.1. The van der Waals surface area contributed by atoms with Gasteiger partial charge < -0.3 is 24.5 Å². The Morgan fingerprint density at radius 1 is 1.32 bits per heavy atom. The number of alkyl halides is 3. The second kappa shape index (κ2) is 6.28. The molecule has 1 fully saturated rings.